The van der Waals surface area contributed by atoms with E-state index < -0.39 is 0 Å². The highest BCUT2D eigenvalue weighted by molar-refractivity contribution is 5.77. The molecule has 3 rings (SSSR count). The van der Waals surface area contributed by atoms with Gasteiger partial charge in [-0.05, 0) is 60.1 Å². The number of hydrogen-bond donors (Lipinski definition) is 2. The van der Waals surface area contributed by atoms with E-state index in [1.807, 2.05) is 18.2 Å². The van der Waals surface area contributed by atoms with Crippen molar-refractivity contribution in [1.29, 1.82) is 0 Å². The number of aryl methyl sites for hydroxylation is 2. The molecule has 5 heteroatoms. The lowest BCUT2D eigenvalue weighted by Crippen LogP contribution is -2.33. The normalized spacial score (nSPS) is 13.4. The SMILES string of the molecule is COc1ccc(CCNC(N)=NCc2ccc3c(c2)CCC3)cc1OC. The number of rotatable bonds is 7. The van der Waals surface area contributed by atoms with Gasteiger partial charge in [-0.1, -0.05) is 24.3 Å². The van der Waals surface area contributed by atoms with Crippen LogP contribution in [0.2, 0.25) is 0 Å². The van der Waals surface area contributed by atoms with Crippen molar-refractivity contribution < 1.29 is 9.47 Å². The fourth-order valence-electron chi connectivity index (χ4n) is 3.33. The number of benzene rings is 2. The van der Waals surface area contributed by atoms with Gasteiger partial charge in [0.1, 0.15) is 0 Å². The molecule has 0 heterocycles. The smallest absolute Gasteiger partial charge is 0.188 e. The quantitative estimate of drug-likeness (QED) is 0.593. The highest BCUT2D eigenvalue weighted by Gasteiger charge is 2.10. The van der Waals surface area contributed by atoms with Gasteiger partial charge in [0.15, 0.2) is 17.5 Å². The largest absolute Gasteiger partial charge is 0.493 e. The van der Waals surface area contributed by atoms with Gasteiger partial charge in [0.2, 0.25) is 0 Å². The number of nitrogens with one attached hydrogen (secondary N) is 1. The van der Waals surface area contributed by atoms with E-state index >= 15 is 0 Å². The van der Waals surface area contributed by atoms with E-state index in [-0.39, 0.29) is 0 Å². The van der Waals surface area contributed by atoms with E-state index in [2.05, 4.69) is 28.5 Å². The fourth-order valence-corrected chi connectivity index (χ4v) is 3.33. The Morgan fingerprint density at radius 1 is 1.00 bits per heavy atom. The number of guanidine groups is 1. The summed E-state index contributed by atoms with van der Waals surface area (Å²) in [6, 6.07) is 12.6. The summed E-state index contributed by atoms with van der Waals surface area (Å²) < 4.78 is 10.6. The molecule has 1 aliphatic rings. The van der Waals surface area contributed by atoms with Crippen LogP contribution >= 0.6 is 0 Å². The summed E-state index contributed by atoms with van der Waals surface area (Å²) in [5.41, 5.74) is 11.3. The van der Waals surface area contributed by atoms with E-state index in [0.717, 1.165) is 30.0 Å². The highest BCUT2D eigenvalue weighted by Crippen LogP contribution is 2.27. The Morgan fingerprint density at radius 3 is 2.58 bits per heavy atom. The Balaban J connectivity index is 1.49. The van der Waals surface area contributed by atoms with E-state index in [0.29, 0.717) is 12.5 Å². The maximum absolute atomic E-state index is 5.99. The molecule has 3 N–H and O–H groups in total. The molecule has 0 spiro atoms. The summed E-state index contributed by atoms with van der Waals surface area (Å²) in [4.78, 5) is 4.45. The number of fused-ring (bicyclic) bond motifs is 1. The van der Waals surface area contributed by atoms with Crippen LogP contribution in [0.3, 0.4) is 0 Å². The molecule has 26 heavy (non-hydrogen) atoms. The molecule has 2 aromatic carbocycles. The van der Waals surface area contributed by atoms with E-state index in [1.165, 1.54) is 36.0 Å². The van der Waals surface area contributed by atoms with Crippen molar-refractivity contribution in [1.82, 2.24) is 5.32 Å². The number of hydrogen-bond acceptors (Lipinski definition) is 3. The molecular formula is C21H27N3O2. The second-order valence-corrected chi connectivity index (χ2v) is 6.52. The molecule has 0 amide bonds. The molecule has 2 aromatic rings. The first-order chi connectivity index (χ1) is 12.7. The zero-order valence-corrected chi connectivity index (χ0v) is 15.5. The van der Waals surface area contributed by atoms with Crippen LogP contribution in [0.5, 0.6) is 11.5 Å². The molecule has 0 saturated heterocycles. The topological polar surface area (TPSA) is 68.9 Å². The Labute approximate surface area is 155 Å². The standard InChI is InChI=1S/C21H27N3O2/c1-25-19-9-7-15(13-20(19)26-2)10-11-23-21(22)24-14-16-6-8-17-4-3-5-18(17)12-16/h6-9,12-13H,3-5,10-11,14H2,1-2H3,(H3,22,23,24). The van der Waals surface area contributed by atoms with Crippen molar-refractivity contribution in [2.45, 2.75) is 32.2 Å². The Kier molecular flexibility index (Phi) is 6.00. The zero-order chi connectivity index (χ0) is 18.4. The summed E-state index contributed by atoms with van der Waals surface area (Å²) in [7, 11) is 3.28. The molecule has 5 nitrogen and oxygen atoms in total. The second kappa shape index (κ2) is 8.61. The number of nitrogens with two attached hydrogens (primary N) is 1. The average molecular weight is 353 g/mol. The van der Waals surface area contributed by atoms with Crippen molar-refractivity contribution in [2.75, 3.05) is 20.8 Å². The van der Waals surface area contributed by atoms with Crippen LogP contribution in [-0.4, -0.2) is 26.7 Å². The first kappa shape index (κ1) is 18.1. The summed E-state index contributed by atoms with van der Waals surface area (Å²) in [5, 5.41) is 3.18. The van der Waals surface area contributed by atoms with Gasteiger partial charge in [0.05, 0.1) is 20.8 Å². The van der Waals surface area contributed by atoms with Crippen molar-refractivity contribution in [3.8, 4) is 11.5 Å². The first-order valence-corrected chi connectivity index (χ1v) is 9.05. The lowest BCUT2D eigenvalue weighted by Gasteiger charge is -2.10. The van der Waals surface area contributed by atoms with Crippen molar-refractivity contribution >= 4 is 5.96 Å². The number of aliphatic imine (C=N–C) groups is 1. The number of ether oxygens (including phenoxy) is 2. The lowest BCUT2D eigenvalue weighted by molar-refractivity contribution is 0.354. The second-order valence-electron chi connectivity index (χ2n) is 6.52. The van der Waals surface area contributed by atoms with Crippen LogP contribution < -0.4 is 20.5 Å². The summed E-state index contributed by atoms with van der Waals surface area (Å²) in [5.74, 6) is 1.95. The first-order valence-electron chi connectivity index (χ1n) is 9.05. The third-order valence-electron chi connectivity index (χ3n) is 4.76. The molecule has 0 bridgehead atoms. The van der Waals surface area contributed by atoms with Gasteiger partial charge in [0, 0.05) is 6.54 Å². The van der Waals surface area contributed by atoms with Crippen LogP contribution in [0.15, 0.2) is 41.4 Å². The predicted molar refractivity (Wildman–Crippen MR) is 105 cm³/mol. The summed E-state index contributed by atoms with van der Waals surface area (Å²) >= 11 is 0. The van der Waals surface area contributed by atoms with Crippen LogP contribution in [0, 0.1) is 0 Å². The molecule has 0 aromatic heterocycles. The predicted octanol–water partition coefficient (Wildman–Crippen LogP) is 2.84. The minimum Gasteiger partial charge on any atom is -0.493 e. The van der Waals surface area contributed by atoms with E-state index in [4.69, 9.17) is 15.2 Å². The molecule has 138 valence electrons. The van der Waals surface area contributed by atoms with Gasteiger partial charge in [-0.15, -0.1) is 0 Å². The monoisotopic (exact) mass is 353 g/mol. The van der Waals surface area contributed by atoms with E-state index in [9.17, 15) is 0 Å². The summed E-state index contributed by atoms with van der Waals surface area (Å²) in [6.45, 7) is 1.33. The minimum atomic E-state index is 0.478. The van der Waals surface area contributed by atoms with Crippen LogP contribution in [0.1, 0.15) is 28.7 Å². The molecule has 0 aliphatic heterocycles. The Hall–Kier alpha value is -2.69. The van der Waals surface area contributed by atoms with Gasteiger partial charge < -0.3 is 20.5 Å². The van der Waals surface area contributed by atoms with Gasteiger partial charge >= 0.3 is 0 Å². The lowest BCUT2D eigenvalue weighted by atomic mass is 10.1. The van der Waals surface area contributed by atoms with Crippen molar-refractivity contribution in [3.05, 3.63) is 58.7 Å². The van der Waals surface area contributed by atoms with Gasteiger partial charge in [0.25, 0.3) is 0 Å². The maximum atomic E-state index is 5.99. The minimum absolute atomic E-state index is 0.478. The number of methoxy groups -OCH3 is 2. The molecule has 0 radical (unpaired) electrons. The van der Waals surface area contributed by atoms with Crippen molar-refractivity contribution in [2.24, 2.45) is 10.7 Å². The van der Waals surface area contributed by atoms with Crippen LogP contribution in [0.25, 0.3) is 0 Å². The fraction of sp³-hybridized carbons (Fsp3) is 0.381. The van der Waals surface area contributed by atoms with Crippen LogP contribution in [0.4, 0.5) is 0 Å². The highest BCUT2D eigenvalue weighted by atomic mass is 16.5. The Bertz CT molecular complexity index is 787. The van der Waals surface area contributed by atoms with E-state index in [1.54, 1.807) is 14.2 Å². The molecular weight excluding hydrogens is 326 g/mol. The van der Waals surface area contributed by atoms with Gasteiger partial charge in [-0.3, -0.25) is 0 Å². The molecule has 0 atom stereocenters. The van der Waals surface area contributed by atoms with Crippen molar-refractivity contribution in [3.63, 3.8) is 0 Å². The molecule has 0 saturated carbocycles. The molecule has 0 fully saturated rings. The van der Waals surface area contributed by atoms with Gasteiger partial charge in [-0.25, -0.2) is 4.99 Å². The third-order valence-corrected chi connectivity index (χ3v) is 4.76. The number of nitrogens with zero attached hydrogens (tertiary/aromatic N) is 1. The third kappa shape index (κ3) is 4.48. The Morgan fingerprint density at radius 2 is 1.77 bits per heavy atom. The molecule has 1 aliphatic carbocycles. The molecule has 0 unspecified atom stereocenters. The summed E-state index contributed by atoms with van der Waals surface area (Å²) in [6.07, 6.45) is 4.49. The maximum Gasteiger partial charge on any atom is 0.188 e. The zero-order valence-electron chi connectivity index (χ0n) is 15.5. The van der Waals surface area contributed by atoms with Crippen LogP contribution in [-0.2, 0) is 25.8 Å². The average Bonchev–Trinajstić information content (AvgIpc) is 3.14. The van der Waals surface area contributed by atoms with Gasteiger partial charge in [-0.2, -0.15) is 0 Å².